The molecule has 0 aromatic rings. The van der Waals surface area contributed by atoms with Crippen molar-refractivity contribution in [2.24, 2.45) is 10.7 Å². The van der Waals surface area contributed by atoms with E-state index >= 15 is 0 Å². The summed E-state index contributed by atoms with van der Waals surface area (Å²) in [7, 11) is 0. The van der Waals surface area contributed by atoms with E-state index in [2.05, 4.69) is 29.1 Å². The Morgan fingerprint density at radius 2 is 2.00 bits per heavy atom. The summed E-state index contributed by atoms with van der Waals surface area (Å²) in [5.74, 6) is 0.352. The van der Waals surface area contributed by atoms with Gasteiger partial charge in [-0.1, -0.05) is 25.5 Å². The van der Waals surface area contributed by atoms with Crippen molar-refractivity contribution < 1.29 is 9.53 Å². The van der Waals surface area contributed by atoms with Gasteiger partial charge < -0.3 is 21.1 Å². The van der Waals surface area contributed by atoms with Gasteiger partial charge >= 0.3 is 6.09 Å². The van der Waals surface area contributed by atoms with Gasteiger partial charge in [-0.3, -0.25) is 4.99 Å². The Balaban J connectivity index is 0. The maximum atomic E-state index is 11.8. The van der Waals surface area contributed by atoms with Crippen molar-refractivity contribution >= 4 is 36.0 Å². The van der Waals surface area contributed by atoms with Gasteiger partial charge in [0.25, 0.3) is 0 Å². The highest BCUT2D eigenvalue weighted by molar-refractivity contribution is 14.0. The molecule has 0 aliphatic heterocycles. The second-order valence-corrected chi connectivity index (χ2v) is 6.17. The van der Waals surface area contributed by atoms with Crippen LogP contribution in [-0.4, -0.2) is 36.8 Å². The molecule has 0 rings (SSSR count). The molecule has 0 heterocycles. The van der Waals surface area contributed by atoms with Gasteiger partial charge in [0.05, 0.1) is 12.6 Å². The summed E-state index contributed by atoms with van der Waals surface area (Å²) < 4.78 is 5.24. The number of rotatable bonds is 7. The van der Waals surface area contributed by atoms with Crippen molar-refractivity contribution in [2.75, 3.05) is 13.1 Å². The third kappa shape index (κ3) is 14.0. The fourth-order valence-electron chi connectivity index (χ4n) is 1.54. The molecule has 0 aromatic heterocycles. The van der Waals surface area contributed by atoms with Crippen molar-refractivity contribution in [3.05, 3.63) is 12.2 Å². The predicted molar refractivity (Wildman–Crippen MR) is 103 cm³/mol. The highest BCUT2D eigenvalue weighted by Gasteiger charge is 2.19. The average Bonchev–Trinajstić information content (AvgIpc) is 2.31. The van der Waals surface area contributed by atoms with Crippen molar-refractivity contribution in [1.29, 1.82) is 0 Å². The van der Waals surface area contributed by atoms with E-state index in [1.165, 1.54) is 0 Å². The van der Waals surface area contributed by atoms with Crippen LogP contribution < -0.4 is 16.4 Å². The van der Waals surface area contributed by atoms with Crippen LogP contribution in [0.2, 0.25) is 0 Å². The second kappa shape index (κ2) is 11.6. The minimum Gasteiger partial charge on any atom is -0.444 e. The third-order valence-corrected chi connectivity index (χ3v) is 2.41. The van der Waals surface area contributed by atoms with Crippen LogP contribution in [0.3, 0.4) is 0 Å². The lowest BCUT2D eigenvalue weighted by Gasteiger charge is -2.22. The van der Waals surface area contributed by atoms with E-state index in [-0.39, 0.29) is 30.0 Å². The number of nitrogens with zero attached hydrogens (tertiary/aromatic N) is 1. The molecule has 1 atom stereocenters. The molecule has 7 heteroatoms. The van der Waals surface area contributed by atoms with Crippen molar-refractivity contribution in [3.63, 3.8) is 0 Å². The molecular weight excluding hydrogens is 395 g/mol. The summed E-state index contributed by atoms with van der Waals surface area (Å²) in [6, 6.07) is -0.0879. The van der Waals surface area contributed by atoms with Gasteiger partial charge in [-0.15, -0.1) is 24.0 Å². The van der Waals surface area contributed by atoms with Crippen molar-refractivity contribution in [1.82, 2.24) is 10.6 Å². The van der Waals surface area contributed by atoms with Gasteiger partial charge in [0, 0.05) is 6.54 Å². The zero-order chi connectivity index (χ0) is 16.5. The van der Waals surface area contributed by atoms with Crippen LogP contribution in [0.15, 0.2) is 17.1 Å². The third-order valence-electron chi connectivity index (χ3n) is 2.41. The lowest BCUT2D eigenvalue weighted by atomic mass is 10.1. The van der Waals surface area contributed by atoms with E-state index in [1.807, 2.05) is 27.7 Å². The Morgan fingerprint density at radius 3 is 2.45 bits per heavy atom. The zero-order valence-electron chi connectivity index (χ0n) is 14.4. The van der Waals surface area contributed by atoms with Gasteiger partial charge in [0.15, 0.2) is 5.96 Å². The molecule has 0 aliphatic carbocycles. The Labute approximate surface area is 151 Å². The normalized spacial score (nSPS) is 12.9. The smallest absolute Gasteiger partial charge is 0.407 e. The highest BCUT2D eigenvalue weighted by Crippen LogP contribution is 2.07. The number of carbonyl (C=O) groups is 1. The second-order valence-electron chi connectivity index (χ2n) is 6.17. The lowest BCUT2D eigenvalue weighted by Crippen LogP contribution is -2.41. The summed E-state index contributed by atoms with van der Waals surface area (Å²) in [5, 5.41) is 5.78. The SMILES string of the molecule is C=C(C)CNC(N)=NCC(CCC)NC(=O)OC(C)(C)C.I. The Morgan fingerprint density at radius 1 is 1.41 bits per heavy atom. The quantitative estimate of drug-likeness (QED) is 0.253. The number of hydrogen-bond donors (Lipinski definition) is 3. The number of nitrogens with two attached hydrogens (primary N) is 1. The number of alkyl carbamates (subject to hydrolysis) is 1. The van der Waals surface area contributed by atoms with Crippen molar-refractivity contribution in [2.45, 2.75) is 59.1 Å². The molecule has 6 nitrogen and oxygen atoms in total. The van der Waals surface area contributed by atoms with E-state index in [4.69, 9.17) is 10.5 Å². The molecule has 4 N–H and O–H groups in total. The number of guanidine groups is 1. The number of aliphatic imine (C=N–C) groups is 1. The van der Waals surface area contributed by atoms with Crippen LogP contribution in [0.1, 0.15) is 47.5 Å². The molecule has 130 valence electrons. The summed E-state index contributed by atoms with van der Waals surface area (Å²) in [4.78, 5) is 16.0. The van der Waals surface area contributed by atoms with Crippen LogP contribution >= 0.6 is 24.0 Å². The minimum atomic E-state index is -0.508. The van der Waals surface area contributed by atoms with E-state index in [0.29, 0.717) is 19.0 Å². The Hall–Kier alpha value is -0.990. The molecule has 0 radical (unpaired) electrons. The van der Waals surface area contributed by atoms with Gasteiger partial charge in [-0.05, 0) is 34.1 Å². The molecule has 0 spiro atoms. The monoisotopic (exact) mass is 426 g/mol. The predicted octanol–water partition coefficient (Wildman–Crippen LogP) is 2.78. The highest BCUT2D eigenvalue weighted by atomic mass is 127. The molecule has 0 saturated heterocycles. The van der Waals surface area contributed by atoms with Crippen LogP contribution in [-0.2, 0) is 4.74 Å². The number of hydrogen-bond acceptors (Lipinski definition) is 3. The molecule has 0 aromatic carbocycles. The first-order valence-corrected chi connectivity index (χ1v) is 7.31. The van der Waals surface area contributed by atoms with Gasteiger partial charge in [-0.2, -0.15) is 0 Å². The van der Waals surface area contributed by atoms with Gasteiger partial charge in [0.2, 0.25) is 0 Å². The fourth-order valence-corrected chi connectivity index (χ4v) is 1.54. The zero-order valence-corrected chi connectivity index (χ0v) is 16.7. The molecule has 22 heavy (non-hydrogen) atoms. The molecule has 0 saturated carbocycles. The number of ether oxygens (including phenoxy) is 1. The Kier molecular flexibility index (Phi) is 12.2. The van der Waals surface area contributed by atoms with E-state index in [0.717, 1.165) is 18.4 Å². The van der Waals surface area contributed by atoms with Crippen LogP contribution in [0.25, 0.3) is 0 Å². The molecule has 0 fully saturated rings. The van der Waals surface area contributed by atoms with E-state index < -0.39 is 11.7 Å². The minimum absolute atomic E-state index is 0. The number of amides is 1. The standard InChI is InChI=1S/C15H30N4O2.HI/c1-7-8-12(19-14(20)21-15(4,5)6)10-18-13(16)17-9-11(2)3;/h12H,2,7-10H2,1,3-6H3,(H,19,20)(H3,16,17,18);1H. The van der Waals surface area contributed by atoms with Crippen LogP contribution in [0, 0.1) is 0 Å². The number of carbonyl (C=O) groups excluding carboxylic acids is 1. The fraction of sp³-hybridized carbons (Fsp3) is 0.733. The first kappa shape index (κ1) is 23.3. The first-order chi connectivity index (χ1) is 9.64. The van der Waals surface area contributed by atoms with Crippen LogP contribution in [0.4, 0.5) is 4.79 Å². The van der Waals surface area contributed by atoms with Gasteiger partial charge in [0.1, 0.15) is 5.60 Å². The summed E-state index contributed by atoms with van der Waals surface area (Å²) in [6.07, 6.45) is 1.33. The molecule has 0 bridgehead atoms. The summed E-state index contributed by atoms with van der Waals surface area (Å²) >= 11 is 0. The largest absolute Gasteiger partial charge is 0.444 e. The molecule has 1 unspecified atom stereocenters. The molecule has 0 aliphatic rings. The number of nitrogens with one attached hydrogen (secondary N) is 2. The first-order valence-electron chi connectivity index (χ1n) is 7.31. The summed E-state index contributed by atoms with van der Waals surface area (Å²) in [6.45, 7) is 14.2. The Bertz CT molecular complexity index is 378. The average molecular weight is 426 g/mol. The van der Waals surface area contributed by atoms with Crippen LogP contribution in [0.5, 0.6) is 0 Å². The lowest BCUT2D eigenvalue weighted by molar-refractivity contribution is 0.0503. The summed E-state index contributed by atoms with van der Waals surface area (Å²) in [5.41, 5.74) is 6.22. The molecule has 1 amide bonds. The van der Waals surface area contributed by atoms with Gasteiger partial charge in [-0.25, -0.2) is 4.79 Å². The molecular formula is C15H31IN4O2. The van der Waals surface area contributed by atoms with Crippen molar-refractivity contribution in [3.8, 4) is 0 Å². The van der Waals surface area contributed by atoms with E-state index in [1.54, 1.807) is 0 Å². The number of halogens is 1. The topological polar surface area (TPSA) is 88.7 Å². The maximum absolute atomic E-state index is 11.8. The maximum Gasteiger partial charge on any atom is 0.407 e. The van der Waals surface area contributed by atoms with E-state index in [9.17, 15) is 4.79 Å².